The van der Waals surface area contributed by atoms with Gasteiger partial charge in [-0.2, -0.15) is 0 Å². The number of nitrogens with zero attached hydrogens (tertiary/aromatic N) is 2. The van der Waals surface area contributed by atoms with Gasteiger partial charge in [-0.05, 0) is 61.4 Å². The number of likely N-dealkylation sites (tertiary alicyclic amines) is 1. The van der Waals surface area contributed by atoms with Crippen LogP contribution in [0.5, 0.6) is 11.5 Å². The summed E-state index contributed by atoms with van der Waals surface area (Å²) < 4.78 is 11.7. The standard InChI is InChI=1S/C24H29N3O5/c1-2-23(29)25-17-3-9-20(10-4-17)31-21-11-13-26(14-12-21)15-22-16-27(24(30)32-22)18-5-7-19(28)8-6-18/h3-10,21-22,28H,2,11-16H2,1H3,(H,25,29)/t22-/m0/s1. The second kappa shape index (κ2) is 9.91. The summed E-state index contributed by atoms with van der Waals surface area (Å²) in [6, 6.07) is 14.0. The summed E-state index contributed by atoms with van der Waals surface area (Å²) in [6.07, 6.45) is 1.86. The predicted molar refractivity (Wildman–Crippen MR) is 121 cm³/mol. The minimum absolute atomic E-state index is 0.00910. The monoisotopic (exact) mass is 439 g/mol. The Balaban J connectivity index is 1.22. The lowest BCUT2D eigenvalue weighted by molar-refractivity contribution is -0.115. The minimum Gasteiger partial charge on any atom is -0.508 e. The van der Waals surface area contributed by atoms with E-state index in [2.05, 4.69) is 10.2 Å². The summed E-state index contributed by atoms with van der Waals surface area (Å²) in [6.45, 7) is 4.77. The van der Waals surface area contributed by atoms with Crippen molar-refractivity contribution in [3.05, 3.63) is 48.5 Å². The van der Waals surface area contributed by atoms with Crippen LogP contribution in [-0.4, -0.2) is 60.4 Å². The Morgan fingerprint density at radius 1 is 1.12 bits per heavy atom. The van der Waals surface area contributed by atoms with E-state index >= 15 is 0 Å². The predicted octanol–water partition coefficient (Wildman–Crippen LogP) is 3.61. The highest BCUT2D eigenvalue weighted by atomic mass is 16.6. The van der Waals surface area contributed by atoms with Crippen LogP contribution in [0.1, 0.15) is 26.2 Å². The van der Waals surface area contributed by atoms with Crippen LogP contribution >= 0.6 is 0 Å². The molecule has 0 spiro atoms. The summed E-state index contributed by atoms with van der Waals surface area (Å²) in [7, 11) is 0. The number of carbonyl (C=O) groups is 2. The maximum absolute atomic E-state index is 12.2. The van der Waals surface area contributed by atoms with E-state index in [-0.39, 0.29) is 30.0 Å². The number of aromatic hydroxyl groups is 1. The largest absolute Gasteiger partial charge is 0.508 e. The number of rotatable bonds is 7. The van der Waals surface area contributed by atoms with Gasteiger partial charge in [-0.3, -0.25) is 14.6 Å². The third-order valence-electron chi connectivity index (χ3n) is 5.79. The number of ether oxygens (including phenoxy) is 2. The Labute approximate surface area is 187 Å². The highest BCUT2D eigenvalue weighted by Crippen LogP contribution is 2.25. The molecule has 8 nitrogen and oxygen atoms in total. The Hall–Kier alpha value is -3.26. The van der Waals surface area contributed by atoms with Gasteiger partial charge in [0.15, 0.2) is 0 Å². The molecular weight excluding hydrogens is 410 g/mol. The van der Waals surface area contributed by atoms with E-state index in [0.29, 0.717) is 19.5 Å². The van der Waals surface area contributed by atoms with Crippen molar-refractivity contribution in [1.29, 1.82) is 0 Å². The van der Waals surface area contributed by atoms with Crippen LogP contribution in [0.15, 0.2) is 48.5 Å². The number of piperidine rings is 1. The van der Waals surface area contributed by atoms with Crippen LogP contribution in [0, 0.1) is 0 Å². The van der Waals surface area contributed by atoms with E-state index in [0.717, 1.165) is 43.1 Å². The van der Waals surface area contributed by atoms with Crippen molar-refractivity contribution in [2.75, 3.05) is 36.4 Å². The molecule has 0 aliphatic carbocycles. The number of carbonyl (C=O) groups excluding carboxylic acids is 2. The van der Waals surface area contributed by atoms with E-state index in [1.54, 1.807) is 29.2 Å². The van der Waals surface area contributed by atoms with Gasteiger partial charge in [0.1, 0.15) is 23.7 Å². The van der Waals surface area contributed by atoms with Gasteiger partial charge in [0, 0.05) is 37.4 Å². The van der Waals surface area contributed by atoms with Gasteiger partial charge in [-0.25, -0.2) is 4.79 Å². The molecule has 2 amide bonds. The molecule has 0 saturated carbocycles. The molecule has 2 aliphatic rings. The molecule has 170 valence electrons. The molecule has 2 aromatic carbocycles. The van der Waals surface area contributed by atoms with Crippen molar-refractivity contribution < 1.29 is 24.2 Å². The number of nitrogens with one attached hydrogen (secondary N) is 1. The molecule has 2 heterocycles. The van der Waals surface area contributed by atoms with Crippen LogP contribution in [0.2, 0.25) is 0 Å². The van der Waals surface area contributed by atoms with Crippen molar-refractivity contribution >= 4 is 23.4 Å². The number of phenols is 1. The lowest BCUT2D eigenvalue weighted by Gasteiger charge is -2.33. The summed E-state index contributed by atoms with van der Waals surface area (Å²) in [5.41, 5.74) is 1.49. The van der Waals surface area contributed by atoms with Gasteiger partial charge < -0.3 is 19.9 Å². The molecule has 4 rings (SSSR count). The zero-order chi connectivity index (χ0) is 22.5. The van der Waals surface area contributed by atoms with Crippen LogP contribution in [0.3, 0.4) is 0 Å². The molecular formula is C24H29N3O5. The Morgan fingerprint density at radius 3 is 2.47 bits per heavy atom. The first-order chi connectivity index (χ1) is 15.5. The third-order valence-corrected chi connectivity index (χ3v) is 5.79. The number of benzene rings is 2. The third kappa shape index (κ3) is 5.50. The van der Waals surface area contributed by atoms with Crippen LogP contribution in [-0.2, 0) is 9.53 Å². The first-order valence-corrected chi connectivity index (χ1v) is 11.1. The molecule has 32 heavy (non-hydrogen) atoms. The molecule has 1 atom stereocenters. The smallest absolute Gasteiger partial charge is 0.414 e. The fraction of sp³-hybridized carbons (Fsp3) is 0.417. The van der Waals surface area contributed by atoms with Crippen LogP contribution in [0.25, 0.3) is 0 Å². The second-order valence-corrected chi connectivity index (χ2v) is 8.18. The maximum atomic E-state index is 12.2. The van der Waals surface area contributed by atoms with E-state index in [9.17, 15) is 14.7 Å². The highest BCUT2D eigenvalue weighted by molar-refractivity contribution is 5.90. The summed E-state index contributed by atoms with van der Waals surface area (Å²) in [5, 5.41) is 12.3. The lowest BCUT2D eigenvalue weighted by atomic mass is 10.1. The molecule has 2 aromatic rings. The Kier molecular flexibility index (Phi) is 6.80. The average Bonchev–Trinajstić information content (AvgIpc) is 3.16. The van der Waals surface area contributed by atoms with E-state index < -0.39 is 0 Å². The zero-order valence-electron chi connectivity index (χ0n) is 18.2. The van der Waals surface area contributed by atoms with Gasteiger partial charge in [0.25, 0.3) is 0 Å². The number of cyclic esters (lactones) is 1. The Morgan fingerprint density at radius 2 is 1.81 bits per heavy atom. The van der Waals surface area contributed by atoms with Crippen molar-refractivity contribution in [2.24, 2.45) is 0 Å². The zero-order valence-corrected chi connectivity index (χ0v) is 18.2. The van der Waals surface area contributed by atoms with Crippen molar-refractivity contribution in [3.63, 3.8) is 0 Å². The summed E-state index contributed by atoms with van der Waals surface area (Å²) >= 11 is 0. The average molecular weight is 440 g/mol. The number of hydrogen-bond acceptors (Lipinski definition) is 6. The highest BCUT2D eigenvalue weighted by Gasteiger charge is 2.34. The van der Waals surface area contributed by atoms with Gasteiger partial charge in [-0.1, -0.05) is 6.92 Å². The normalized spacial score (nSPS) is 19.6. The number of phenolic OH excluding ortho intramolecular Hbond substituents is 1. The number of anilines is 2. The van der Waals surface area contributed by atoms with Gasteiger partial charge in [0.2, 0.25) is 5.91 Å². The first kappa shape index (κ1) is 22.0. The molecule has 0 aromatic heterocycles. The van der Waals surface area contributed by atoms with Crippen LogP contribution < -0.4 is 15.0 Å². The maximum Gasteiger partial charge on any atom is 0.414 e. The summed E-state index contributed by atoms with van der Waals surface area (Å²) in [5.74, 6) is 0.958. The Bertz CT molecular complexity index is 924. The SMILES string of the molecule is CCC(=O)Nc1ccc(OC2CCN(C[C@H]3CN(c4ccc(O)cc4)C(=O)O3)CC2)cc1. The second-order valence-electron chi connectivity index (χ2n) is 8.18. The van der Waals surface area contributed by atoms with Crippen molar-refractivity contribution in [2.45, 2.75) is 38.4 Å². The van der Waals surface area contributed by atoms with E-state index in [1.807, 2.05) is 31.2 Å². The molecule has 0 radical (unpaired) electrons. The van der Waals surface area contributed by atoms with Crippen LogP contribution in [0.4, 0.5) is 16.2 Å². The van der Waals surface area contributed by atoms with Crippen molar-refractivity contribution in [1.82, 2.24) is 4.90 Å². The molecule has 2 N–H and O–H groups in total. The molecule has 8 heteroatoms. The fourth-order valence-electron chi connectivity index (χ4n) is 4.02. The topological polar surface area (TPSA) is 91.3 Å². The molecule has 2 aliphatic heterocycles. The first-order valence-electron chi connectivity index (χ1n) is 11.1. The molecule has 2 fully saturated rings. The van der Waals surface area contributed by atoms with Gasteiger partial charge in [0.05, 0.1) is 6.54 Å². The van der Waals surface area contributed by atoms with E-state index in [1.165, 1.54) is 0 Å². The minimum atomic E-state index is -0.350. The quantitative estimate of drug-likeness (QED) is 0.685. The number of amides is 2. The van der Waals surface area contributed by atoms with Gasteiger partial charge >= 0.3 is 6.09 Å². The van der Waals surface area contributed by atoms with Gasteiger partial charge in [-0.15, -0.1) is 0 Å². The van der Waals surface area contributed by atoms with Crippen molar-refractivity contribution in [3.8, 4) is 11.5 Å². The number of hydrogen-bond donors (Lipinski definition) is 2. The van der Waals surface area contributed by atoms with E-state index in [4.69, 9.17) is 9.47 Å². The molecule has 2 saturated heterocycles. The fourth-order valence-corrected chi connectivity index (χ4v) is 4.02. The molecule has 0 unspecified atom stereocenters. The lowest BCUT2D eigenvalue weighted by Crippen LogP contribution is -2.42. The summed E-state index contributed by atoms with van der Waals surface area (Å²) in [4.78, 5) is 27.6. The molecule has 0 bridgehead atoms.